The minimum Gasteiger partial charge on any atom is -0.291 e. The zero-order valence-electron chi connectivity index (χ0n) is 10.9. The molecule has 3 fully saturated rings. The van der Waals surface area contributed by atoms with Gasteiger partial charge in [-0.25, -0.2) is 4.39 Å². The number of alkyl halides is 1. The summed E-state index contributed by atoms with van der Waals surface area (Å²) in [6.07, 6.45) is 6.28. The van der Waals surface area contributed by atoms with Gasteiger partial charge in [0.05, 0.1) is 0 Å². The van der Waals surface area contributed by atoms with Crippen LogP contribution in [0.4, 0.5) is 4.39 Å². The second kappa shape index (κ2) is 3.01. The van der Waals surface area contributed by atoms with Crippen LogP contribution in [0.3, 0.4) is 0 Å². The Kier molecular flexibility index (Phi) is 2.07. The van der Waals surface area contributed by atoms with Gasteiger partial charge < -0.3 is 0 Å². The molecule has 0 aromatic heterocycles. The Morgan fingerprint density at radius 2 is 1.81 bits per heavy atom. The summed E-state index contributed by atoms with van der Waals surface area (Å²) in [5.41, 5.74) is 0.991. The van der Waals surface area contributed by atoms with E-state index >= 15 is 0 Å². The third-order valence-electron chi connectivity index (χ3n) is 5.66. The van der Waals surface area contributed by atoms with Gasteiger partial charge in [-0.3, -0.25) is 4.90 Å². The van der Waals surface area contributed by atoms with E-state index in [0.717, 1.165) is 12.8 Å². The second-order valence-corrected chi connectivity index (χ2v) is 7.27. The molecule has 3 rings (SSSR count). The Bertz CT molecular complexity index is 300. The molecule has 2 heterocycles. The van der Waals surface area contributed by atoms with Crippen molar-refractivity contribution in [3.05, 3.63) is 0 Å². The SMILES string of the molecule is CC(C)(C)C12CCCN1C1(CC2)CC(F)C1. The van der Waals surface area contributed by atoms with Crippen LogP contribution in [0.2, 0.25) is 0 Å². The highest BCUT2D eigenvalue weighted by Gasteiger charge is 2.64. The molecule has 0 N–H and O–H groups in total. The maximum absolute atomic E-state index is 13.3. The van der Waals surface area contributed by atoms with E-state index in [1.165, 1.54) is 32.2 Å². The molecule has 0 radical (unpaired) electrons. The van der Waals surface area contributed by atoms with Crippen molar-refractivity contribution in [3.63, 3.8) is 0 Å². The van der Waals surface area contributed by atoms with Crippen LogP contribution in [-0.4, -0.2) is 28.7 Å². The average molecular weight is 225 g/mol. The minimum atomic E-state index is -0.517. The van der Waals surface area contributed by atoms with E-state index in [9.17, 15) is 4.39 Å². The summed E-state index contributed by atoms with van der Waals surface area (Å²) in [7, 11) is 0. The molecule has 1 atom stereocenters. The number of hydrogen-bond donors (Lipinski definition) is 0. The lowest BCUT2D eigenvalue weighted by atomic mass is 9.71. The largest absolute Gasteiger partial charge is 0.291 e. The van der Waals surface area contributed by atoms with Gasteiger partial charge in [-0.15, -0.1) is 0 Å². The molecule has 3 aliphatic rings. The smallest absolute Gasteiger partial charge is 0.104 e. The molecule has 0 aromatic rings. The fourth-order valence-electron chi connectivity index (χ4n) is 4.75. The third-order valence-corrected chi connectivity index (χ3v) is 5.66. The lowest BCUT2D eigenvalue weighted by Gasteiger charge is -2.54. The Hall–Kier alpha value is -0.110. The lowest BCUT2D eigenvalue weighted by molar-refractivity contribution is -0.0651. The van der Waals surface area contributed by atoms with Crippen molar-refractivity contribution in [1.29, 1.82) is 0 Å². The van der Waals surface area contributed by atoms with Crippen molar-refractivity contribution >= 4 is 0 Å². The Labute approximate surface area is 98.4 Å². The van der Waals surface area contributed by atoms with Gasteiger partial charge in [0.25, 0.3) is 0 Å². The molecule has 1 saturated carbocycles. The van der Waals surface area contributed by atoms with Crippen molar-refractivity contribution in [1.82, 2.24) is 4.90 Å². The lowest BCUT2D eigenvalue weighted by Crippen LogP contribution is -2.61. The highest BCUT2D eigenvalue weighted by molar-refractivity contribution is 5.19. The van der Waals surface area contributed by atoms with Crippen LogP contribution in [0, 0.1) is 5.41 Å². The molecule has 2 heteroatoms. The second-order valence-electron chi connectivity index (χ2n) is 7.27. The number of nitrogens with zero attached hydrogens (tertiary/aromatic N) is 1. The monoisotopic (exact) mass is 225 g/mol. The van der Waals surface area contributed by atoms with E-state index in [2.05, 4.69) is 25.7 Å². The highest BCUT2D eigenvalue weighted by Crippen LogP contribution is 2.61. The van der Waals surface area contributed by atoms with Crippen molar-refractivity contribution in [2.75, 3.05) is 6.54 Å². The van der Waals surface area contributed by atoms with Crippen molar-refractivity contribution in [3.8, 4) is 0 Å². The van der Waals surface area contributed by atoms with Gasteiger partial charge in [-0.1, -0.05) is 20.8 Å². The van der Waals surface area contributed by atoms with Crippen molar-refractivity contribution in [2.24, 2.45) is 5.41 Å². The first-order chi connectivity index (χ1) is 7.40. The Balaban J connectivity index is 1.92. The summed E-state index contributed by atoms with van der Waals surface area (Å²) in [6.45, 7) is 8.33. The first kappa shape index (κ1) is 11.0. The van der Waals surface area contributed by atoms with Crippen LogP contribution in [0.1, 0.15) is 59.3 Å². The van der Waals surface area contributed by atoms with Crippen molar-refractivity contribution < 1.29 is 4.39 Å². The van der Waals surface area contributed by atoms with Gasteiger partial charge in [-0.05, 0) is 50.5 Å². The zero-order valence-corrected chi connectivity index (χ0v) is 10.9. The highest BCUT2D eigenvalue weighted by atomic mass is 19.1. The maximum atomic E-state index is 13.3. The van der Waals surface area contributed by atoms with E-state index in [1.807, 2.05) is 0 Å². The molecule has 1 aliphatic carbocycles. The van der Waals surface area contributed by atoms with Crippen LogP contribution in [0.5, 0.6) is 0 Å². The average Bonchev–Trinajstić information content (AvgIpc) is 2.62. The quantitative estimate of drug-likeness (QED) is 0.609. The zero-order chi connectivity index (χ0) is 11.6. The summed E-state index contributed by atoms with van der Waals surface area (Å²) < 4.78 is 13.3. The van der Waals surface area contributed by atoms with E-state index in [1.54, 1.807) is 0 Å². The molecule has 2 aliphatic heterocycles. The molecule has 1 unspecified atom stereocenters. The van der Waals surface area contributed by atoms with E-state index in [4.69, 9.17) is 0 Å². The predicted molar refractivity (Wildman–Crippen MR) is 64.2 cm³/mol. The molecule has 0 bridgehead atoms. The predicted octanol–water partition coefficient (Wildman–Crippen LogP) is 3.53. The summed E-state index contributed by atoms with van der Waals surface area (Å²) >= 11 is 0. The normalized spacial score (nSPS) is 48.4. The molecule has 16 heavy (non-hydrogen) atoms. The van der Waals surface area contributed by atoms with Gasteiger partial charge in [0.2, 0.25) is 0 Å². The number of halogens is 1. The van der Waals surface area contributed by atoms with Gasteiger partial charge >= 0.3 is 0 Å². The molecule has 1 spiro atoms. The third kappa shape index (κ3) is 1.15. The topological polar surface area (TPSA) is 3.24 Å². The van der Waals surface area contributed by atoms with E-state index in [0.29, 0.717) is 11.0 Å². The first-order valence-electron chi connectivity index (χ1n) is 6.82. The van der Waals surface area contributed by atoms with Crippen LogP contribution >= 0.6 is 0 Å². The molecular formula is C14H24FN. The van der Waals surface area contributed by atoms with Crippen LogP contribution < -0.4 is 0 Å². The van der Waals surface area contributed by atoms with E-state index < -0.39 is 6.17 Å². The van der Waals surface area contributed by atoms with E-state index in [-0.39, 0.29) is 5.54 Å². The Morgan fingerprint density at radius 1 is 1.12 bits per heavy atom. The molecule has 1 nitrogen and oxygen atoms in total. The van der Waals surface area contributed by atoms with Crippen molar-refractivity contribution in [2.45, 2.75) is 76.5 Å². The molecule has 2 saturated heterocycles. The van der Waals surface area contributed by atoms with Gasteiger partial charge in [0.1, 0.15) is 6.17 Å². The number of hydrogen-bond acceptors (Lipinski definition) is 1. The summed E-state index contributed by atoms with van der Waals surface area (Å²) in [6, 6.07) is 0. The molecule has 92 valence electrons. The summed E-state index contributed by atoms with van der Waals surface area (Å²) in [4.78, 5) is 2.72. The molecule has 0 amide bonds. The minimum absolute atomic E-state index is 0.267. The molecule has 0 aromatic carbocycles. The van der Waals surface area contributed by atoms with Crippen LogP contribution in [-0.2, 0) is 0 Å². The van der Waals surface area contributed by atoms with Crippen LogP contribution in [0.25, 0.3) is 0 Å². The summed E-state index contributed by atoms with van der Waals surface area (Å²) in [5, 5.41) is 0. The van der Waals surface area contributed by atoms with Gasteiger partial charge in [-0.2, -0.15) is 0 Å². The standard InChI is InChI=1S/C14H24FN/c1-12(2,3)14-5-4-8-16(14)13(6-7-14)9-11(15)10-13/h11H,4-10H2,1-3H3. The van der Waals surface area contributed by atoms with Gasteiger partial charge in [0.15, 0.2) is 0 Å². The maximum Gasteiger partial charge on any atom is 0.104 e. The fraction of sp³-hybridized carbons (Fsp3) is 1.00. The van der Waals surface area contributed by atoms with Crippen LogP contribution in [0.15, 0.2) is 0 Å². The number of fused-ring (bicyclic) bond motifs is 2. The Morgan fingerprint density at radius 3 is 2.38 bits per heavy atom. The number of rotatable bonds is 0. The fourth-order valence-corrected chi connectivity index (χ4v) is 4.75. The molecular weight excluding hydrogens is 201 g/mol. The summed E-state index contributed by atoms with van der Waals surface area (Å²) in [5.74, 6) is 0. The van der Waals surface area contributed by atoms with Gasteiger partial charge in [0, 0.05) is 11.1 Å². The first-order valence-corrected chi connectivity index (χ1v) is 6.82.